The van der Waals surface area contributed by atoms with Gasteiger partial charge in [-0.2, -0.15) is 0 Å². The number of nitrogens with one attached hydrogen (secondary N) is 2. The van der Waals surface area contributed by atoms with Crippen molar-refractivity contribution in [2.75, 3.05) is 11.9 Å². The lowest BCUT2D eigenvalue weighted by molar-refractivity contribution is -0.384. The molecule has 6 nitrogen and oxygen atoms in total. The molecule has 2 rings (SSSR count). The van der Waals surface area contributed by atoms with Crippen LogP contribution in [0.15, 0.2) is 54.6 Å². The molecule has 0 spiro atoms. The zero-order chi connectivity index (χ0) is 15.1. The van der Waals surface area contributed by atoms with Crippen LogP contribution in [0.1, 0.15) is 5.56 Å². The molecule has 0 saturated heterocycles. The number of non-ortho nitro benzene ring substituents is 1. The summed E-state index contributed by atoms with van der Waals surface area (Å²) in [6.07, 6.45) is 0.725. The highest BCUT2D eigenvalue weighted by molar-refractivity contribution is 5.89. The minimum absolute atomic E-state index is 0.0583. The molecule has 0 aromatic heterocycles. The van der Waals surface area contributed by atoms with Crippen molar-refractivity contribution in [2.24, 2.45) is 0 Å². The summed E-state index contributed by atoms with van der Waals surface area (Å²) >= 11 is 0. The summed E-state index contributed by atoms with van der Waals surface area (Å²) in [6, 6.07) is 15.2. The van der Waals surface area contributed by atoms with E-state index >= 15 is 0 Å². The van der Waals surface area contributed by atoms with Crippen LogP contribution >= 0.6 is 0 Å². The molecule has 0 aliphatic carbocycles. The highest BCUT2D eigenvalue weighted by atomic mass is 16.6. The summed E-state index contributed by atoms with van der Waals surface area (Å²) < 4.78 is 0. The van der Waals surface area contributed by atoms with E-state index in [9.17, 15) is 14.9 Å². The summed E-state index contributed by atoms with van der Waals surface area (Å²) in [5.41, 5.74) is 1.46. The Morgan fingerprint density at radius 2 is 1.86 bits per heavy atom. The number of amides is 2. The number of anilines is 1. The van der Waals surface area contributed by atoms with Gasteiger partial charge in [0.15, 0.2) is 0 Å². The van der Waals surface area contributed by atoms with Gasteiger partial charge in [-0.05, 0) is 18.1 Å². The van der Waals surface area contributed by atoms with Gasteiger partial charge in [-0.1, -0.05) is 36.4 Å². The van der Waals surface area contributed by atoms with E-state index < -0.39 is 4.92 Å². The molecule has 0 fully saturated rings. The smallest absolute Gasteiger partial charge is 0.319 e. The van der Waals surface area contributed by atoms with Crippen LogP contribution in [0.25, 0.3) is 0 Å². The number of nitrogens with zero attached hydrogens (tertiary/aromatic N) is 1. The second-order valence-corrected chi connectivity index (χ2v) is 4.42. The van der Waals surface area contributed by atoms with Crippen molar-refractivity contribution < 1.29 is 9.72 Å². The van der Waals surface area contributed by atoms with Crippen LogP contribution in [0.3, 0.4) is 0 Å². The molecule has 2 N–H and O–H groups in total. The van der Waals surface area contributed by atoms with E-state index in [1.165, 1.54) is 18.2 Å². The number of urea groups is 1. The van der Waals surface area contributed by atoms with Crippen molar-refractivity contribution in [3.05, 3.63) is 70.3 Å². The van der Waals surface area contributed by atoms with Crippen LogP contribution in [-0.4, -0.2) is 17.5 Å². The first kappa shape index (κ1) is 14.5. The van der Waals surface area contributed by atoms with E-state index in [0.717, 1.165) is 12.0 Å². The lowest BCUT2D eigenvalue weighted by atomic mass is 10.1. The largest absolute Gasteiger partial charge is 0.338 e. The number of nitro benzene ring substituents is 1. The van der Waals surface area contributed by atoms with Crippen molar-refractivity contribution in [3.63, 3.8) is 0 Å². The fourth-order valence-corrected chi connectivity index (χ4v) is 1.84. The fraction of sp³-hybridized carbons (Fsp3) is 0.133. The van der Waals surface area contributed by atoms with Gasteiger partial charge >= 0.3 is 6.03 Å². The molecular weight excluding hydrogens is 270 g/mol. The van der Waals surface area contributed by atoms with Gasteiger partial charge in [0.05, 0.1) is 4.92 Å². The van der Waals surface area contributed by atoms with Gasteiger partial charge in [0.25, 0.3) is 5.69 Å². The first-order valence-electron chi connectivity index (χ1n) is 6.48. The van der Waals surface area contributed by atoms with Crippen LogP contribution in [0.4, 0.5) is 16.2 Å². The Kier molecular flexibility index (Phi) is 4.87. The molecule has 21 heavy (non-hydrogen) atoms. The lowest BCUT2D eigenvalue weighted by Gasteiger charge is -2.07. The van der Waals surface area contributed by atoms with Crippen LogP contribution in [0.2, 0.25) is 0 Å². The minimum Gasteiger partial charge on any atom is -0.338 e. The lowest BCUT2D eigenvalue weighted by Crippen LogP contribution is -2.30. The average molecular weight is 285 g/mol. The molecule has 0 heterocycles. The summed E-state index contributed by atoms with van der Waals surface area (Å²) in [5, 5.41) is 15.9. The maximum atomic E-state index is 11.7. The SMILES string of the molecule is O=C(NCCc1ccccc1)Nc1cccc([N+](=O)[O-])c1. The Labute approximate surface area is 121 Å². The maximum Gasteiger partial charge on any atom is 0.319 e. The average Bonchev–Trinajstić information content (AvgIpc) is 2.48. The number of benzene rings is 2. The van der Waals surface area contributed by atoms with Gasteiger partial charge < -0.3 is 10.6 Å². The number of carbonyl (C=O) groups excluding carboxylic acids is 1. The molecule has 0 saturated carbocycles. The minimum atomic E-state index is -0.502. The van der Waals surface area contributed by atoms with Crippen molar-refractivity contribution in [2.45, 2.75) is 6.42 Å². The van der Waals surface area contributed by atoms with Gasteiger partial charge in [0, 0.05) is 24.4 Å². The molecule has 108 valence electrons. The second kappa shape index (κ2) is 7.04. The molecule has 0 bridgehead atoms. The normalized spacial score (nSPS) is 9.90. The third-order valence-corrected chi connectivity index (χ3v) is 2.86. The van der Waals surface area contributed by atoms with Crippen LogP contribution in [-0.2, 0) is 6.42 Å². The molecule has 0 radical (unpaired) electrons. The second-order valence-electron chi connectivity index (χ2n) is 4.42. The van der Waals surface area contributed by atoms with Crippen molar-refractivity contribution in [1.29, 1.82) is 0 Å². The quantitative estimate of drug-likeness (QED) is 0.654. The first-order valence-corrected chi connectivity index (χ1v) is 6.48. The van der Waals surface area contributed by atoms with Crippen LogP contribution < -0.4 is 10.6 Å². The molecule has 0 atom stereocenters. The monoisotopic (exact) mass is 285 g/mol. The molecule has 2 aromatic carbocycles. The highest BCUT2D eigenvalue weighted by Gasteiger charge is 2.07. The maximum absolute atomic E-state index is 11.7. The number of hydrogen-bond donors (Lipinski definition) is 2. The molecule has 2 aromatic rings. The third-order valence-electron chi connectivity index (χ3n) is 2.86. The Morgan fingerprint density at radius 3 is 2.57 bits per heavy atom. The van der Waals surface area contributed by atoms with Crippen LogP contribution in [0.5, 0.6) is 0 Å². The van der Waals surface area contributed by atoms with E-state index in [2.05, 4.69) is 10.6 Å². The van der Waals surface area contributed by atoms with Gasteiger partial charge in [0.2, 0.25) is 0 Å². The van der Waals surface area contributed by atoms with Gasteiger partial charge in [-0.15, -0.1) is 0 Å². The summed E-state index contributed by atoms with van der Waals surface area (Å²) in [5.74, 6) is 0. The van der Waals surface area contributed by atoms with Gasteiger partial charge in [-0.3, -0.25) is 10.1 Å². The molecule has 2 amide bonds. The number of hydrogen-bond acceptors (Lipinski definition) is 3. The highest BCUT2D eigenvalue weighted by Crippen LogP contribution is 2.16. The molecule has 0 aliphatic rings. The fourth-order valence-electron chi connectivity index (χ4n) is 1.84. The van der Waals surface area contributed by atoms with E-state index in [1.807, 2.05) is 30.3 Å². The predicted molar refractivity (Wildman–Crippen MR) is 80.3 cm³/mol. The number of carbonyl (C=O) groups is 1. The van der Waals surface area contributed by atoms with Gasteiger partial charge in [0.1, 0.15) is 0 Å². The molecule has 6 heteroatoms. The van der Waals surface area contributed by atoms with Crippen LogP contribution in [0, 0.1) is 10.1 Å². The van der Waals surface area contributed by atoms with E-state index in [4.69, 9.17) is 0 Å². The zero-order valence-corrected chi connectivity index (χ0v) is 11.3. The van der Waals surface area contributed by atoms with Crippen molar-refractivity contribution >= 4 is 17.4 Å². The Bertz CT molecular complexity index is 629. The van der Waals surface area contributed by atoms with Crippen molar-refractivity contribution in [3.8, 4) is 0 Å². The molecular formula is C15H15N3O3. The summed E-state index contributed by atoms with van der Waals surface area (Å²) in [4.78, 5) is 21.8. The first-order chi connectivity index (χ1) is 10.1. The Morgan fingerprint density at radius 1 is 1.10 bits per heavy atom. The standard InChI is InChI=1S/C15H15N3O3/c19-15(16-10-9-12-5-2-1-3-6-12)17-13-7-4-8-14(11-13)18(20)21/h1-8,11H,9-10H2,(H2,16,17,19). The Hall–Kier alpha value is -2.89. The molecule has 0 aliphatic heterocycles. The number of rotatable bonds is 5. The molecule has 0 unspecified atom stereocenters. The summed E-state index contributed by atoms with van der Waals surface area (Å²) in [6.45, 7) is 0.491. The van der Waals surface area contributed by atoms with E-state index in [0.29, 0.717) is 12.2 Å². The van der Waals surface area contributed by atoms with E-state index in [1.54, 1.807) is 6.07 Å². The Balaban J connectivity index is 1.82. The predicted octanol–water partition coefficient (Wildman–Crippen LogP) is 2.96. The third kappa shape index (κ3) is 4.61. The van der Waals surface area contributed by atoms with E-state index in [-0.39, 0.29) is 11.7 Å². The zero-order valence-electron chi connectivity index (χ0n) is 11.3. The van der Waals surface area contributed by atoms with Crippen molar-refractivity contribution in [1.82, 2.24) is 5.32 Å². The summed E-state index contributed by atoms with van der Waals surface area (Å²) in [7, 11) is 0. The van der Waals surface area contributed by atoms with Gasteiger partial charge in [-0.25, -0.2) is 4.79 Å². The number of nitro groups is 1. The topological polar surface area (TPSA) is 84.3 Å².